The molecular formula is C24H24ClFN6O2. The highest BCUT2D eigenvalue weighted by Gasteiger charge is 2.34. The number of aliphatic hydroxyl groups excluding tert-OH is 1. The van der Waals surface area contributed by atoms with E-state index in [0.717, 1.165) is 24.8 Å². The largest absolute Gasteiger partial charge is 0.390 e. The summed E-state index contributed by atoms with van der Waals surface area (Å²) in [6.07, 6.45) is 3.68. The van der Waals surface area contributed by atoms with E-state index >= 15 is 0 Å². The van der Waals surface area contributed by atoms with Crippen molar-refractivity contribution in [1.29, 1.82) is 5.26 Å². The molecule has 8 nitrogen and oxygen atoms in total. The second-order valence-corrected chi connectivity index (χ2v) is 9.32. The minimum atomic E-state index is -0.709. The summed E-state index contributed by atoms with van der Waals surface area (Å²) in [5, 5.41) is 23.9. The van der Waals surface area contributed by atoms with Gasteiger partial charge in [0.1, 0.15) is 11.6 Å². The van der Waals surface area contributed by atoms with Crippen LogP contribution in [0.5, 0.6) is 0 Å². The van der Waals surface area contributed by atoms with E-state index in [9.17, 15) is 19.6 Å². The number of carbonyl (C=O) groups excluding carboxylic acids is 1. The summed E-state index contributed by atoms with van der Waals surface area (Å²) >= 11 is 6.10. The molecule has 2 aromatic heterocycles. The third kappa shape index (κ3) is 3.87. The number of piperidine rings is 1. The van der Waals surface area contributed by atoms with Crippen LogP contribution in [0.1, 0.15) is 46.9 Å². The zero-order valence-corrected chi connectivity index (χ0v) is 19.4. The number of likely N-dealkylation sites (tertiary alicyclic amines) is 1. The van der Waals surface area contributed by atoms with Crippen LogP contribution in [0.25, 0.3) is 5.65 Å². The van der Waals surface area contributed by atoms with Crippen molar-refractivity contribution in [2.75, 3.05) is 24.5 Å². The van der Waals surface area contributed by atoms with Gasteiger partial charge >= 0.3 is 0 Å². The lowest BCUT2D eigenvalue weighted by Gasteiger charge is -2.35. The van der Waals surface area contributed by atoms with Gasteiger partial charge in [-0.3, -0.25) is 4.79 Å². The monoisotopic (exact) mass is 482 g/mol. The molecule has 0 saturated carbocycles. The molecule has 0 bridgehead atoms. The van der Waals surface area contributed by atoms with Gasteiger partial charge in [-0.25, -0.2) is 13.9 Å². The van der Waals surface area contributed by atoms with Crippen LogP contribution in [0.15, 0.2) is 30.5 Å². The van der Waals surface area contributed by atoms with E-state index in [0.29, 0.717) is 36.8 Å². The average Bonchev–Trinajstić information content (AvgIpc) is 3.42. The normalized spacial score (nSPS) is 22.9. The lowest BCUT2D eigenvalue weighted by atomic mass is 9.98. The van der Waals surface area contributed by atoms with Crippen LogP contribution in [0, 0.1) is 30.0 Å². The Morgan fingerprint density at radius 2 is 2.15 bits per heavy atom. The number of amides is 1. The molecule has 2 fully saturated rings. The van der Waals surface area contributed by atoms with Gasteiger partial charge in [-0.1, -0.05) is 17.7 Å². The molecular weight excluding hydrogens is 459 g/mol. The third-order valence-electron chi connectivity index (χ3n) is 6.67. The number of aryl methyl sites for hydroxylation is 1. The maximum absolute atomic E-state index is 14.0. The van der Waals surface area contributed by atoms with Crippen molar-refractivity contribution >= 4 is 29.0 Å². The van der Waals surface area contributed by atoms with Crippen LogP contribution in [-0.4, -0.2) is 56.2 Å². The van der Waals surface area contributed by atoms with Gasteiger partial charge in [0.05, 0.1) is 40.4 Å². The van der Waals surface area contributed by atoms with E-state index in [-0.39, 0.29) is 22.5 Å². The second-order valence-electron chi connectivity index (χ2n) is 8.94. The van der Waals surface area contributed by atoms with E-state index < -0.39 is 17.8 Å². The molecule has 0 aliphatic carbocycles. The van der Waals surface area contributed by atoms with Crippen LogP contribution < -0.4 is 4.90 Å². The van der Waals surface area contributed by atoms with Gasteiger partial charge in [0, 0.05) is 37.5 Å². The molecule has 2 aliphatic rings. The molecule has 10 heteroatoms. The maximum atomic E-state index is 14.0. The van der Waals surface area contributed by atoms with Crippen LogP contribution in [0.3, 0.4) is 0 Å². The molecule has 0 radical (unpaired) electrons. The summed E-state index contributed by atoms with van der Waals surface area (Å²) in [4.78, 5) is 21.7. The van der Waals surface area contributed by atoms with E-state index in [1.165, 1.54) is 12.1 Å². The minimum absolute atomic E-state index is 0.147. The minimum Gasteiger partial charge on any atom is -0.390 e. The molecule has 1 N–H and O–H groups in total. The zero-order chi connectivity index (χ0) is 24.0. The number of aromatic nitrogens is 3. The zero-order valence-electron chi connectivity index (χ0n) is 18.7. The molecule has 0 spiro atoms. The topological polar surface area (TPSA) is 97.8 Å². The lowest BCUT2D eigenvalue weighted by Crippen LogP contribution is -2.39. The Morgan fingerprint density at radius 3 is 2.91 bits per heavy atom. The fourth-order valence-electron chi connectivity index (χ4n) is 4.89. The van der Waals surface area contributed by atoms with E-state index in [1.54, 1.807) is 15.5 Å². The number of rotatable bonds is 3. The molecule has 4 heterocycles. The number of anilines is 1. The molecule has 176 valence electrons. The molecule has 2 saturated heterocycles. The molecule has 3 atom stereocenters. The van der Waals surface area contributed by atoms with Crippen molar-refractivity contribution in [3.8, 4) is 6.07 Å². The number of β-amino-alcohol motifs (C(OH)–C–C–N with tert-alkyl or cyclic N) is 1. The van der Waals surface area contributed by atoms with Gasteiger partial charge in [0.2, 0.25) is 0 Å². The molecule has 1 aromatic carbocycles. The average molecular weight is 483 g/mol. The fourth-order valence-corrected chi connectivity index (χ4v) is 5.10. The van der Waals surface area contributed by atoms with Crippen molar-refractivity contribution in [2.24, 2.45) is 5.92 Å². The number of halogens is 2. The van der Waals surface area contributed by atoms with Gasteiger partial charge in [-0.2, -0.15) is 10.4 Å². The number of hydrogen-bond donors (Lipinski definition) is 1. The highest BCUT2D eigenvalue weighted by molar-refractivity contribution is 6.34. The summed E-state index contributed by atoms with van der Waals surface area (Å²) in [6.45, 7) is 3.21. The van der Waals surface area contributed by atoms with Crippen LogP contribution >= 0.6 is 11.6 Å². The Morgan fingerprint density at radius 1 is 1.32 bits per heavy atom. The number of nitrogens with zero attached hydrogens (tertiary/aromatic N) is 6. The SMILES string of the molecule is Cc1cn2nc([C@@H]3CCCCN3C(=O)c3cccc(F)c3Cl)cc2nc1N1C[C@@H](C#N)[C@@H](O)C1. The first-order valence-electron chi connectivity index (χ1n) is 11.3. The van der Waals surface area contributed by atoms with Crippen LogP contribution in [0.2, 0.25) is 5.02 Å². The maximum Gasteiger partial charge on any atom is 0.256 e. The number of aliphatic hydroxyl groups is 1. The first-order valence-corrected chi connectivity index (χ1v) is 11.7. The Labute approximate surface area is 201 Å². The smallest absolute Gasteiger partial charge is 0.256 e. The fraction of sp³-hybridized carbons (Fsp3) is 0.417. The number of benzene rings is 1. The van der Waals surface area contributed by atoms with Crippen LogP contribution in [-0.2, 0) is 0 Å². The van der Waals surface area contributed by atoms with Gasteiger partial charge < -0.3 is 14.9 Å². The summed E-state index contributed by atoms with van der Waals surface area (Å²) < 4.78 is 15.7. The second kappa shape index (κ2) is 8.85. The summed E-state index contributed by atoms with van der Waals surface area (Å²) in [5.74, 6) is -0.676. The van der Waals surface area contributed by atoms with Gasteiger partial charge in [-0.05, 0) is 38.3 Å². The molecule has 3 aromatic rings. The molecule has 34 heavy (non-hydrogen) atoms. The summed E-state index contributed by atoms with van der Waals surface area (Å²) in [7, 11) is 0. The first-order chi connectivity index (χ1) is 16.4. The standard InChI is InChI=1S/C24H24ClFN6O2/c1-14-11-32-21(28-23(14)30-12-15(10-27)20(33)13-30)9-18(29-32)19-7-2-3-8-31(19)24(34)16-5-4-6-17(26)22(16)25/h4-6,9,11,15,19-20,33H,2-3,7-8,12-13H2,1H3/t15-,19+,20+/m1/s1. The molecule has 5 rings (SSSR count). The molecule has 0 unspecified atom stereocenters. The summed E-state index contributed by atoms with van der Waals surface area (Å²) in [6, 6.07) is 7.99. The molecule has 2 aliphatic heterocycles. The lowest BCUT2D eigenvalue weighted by molar-refractivity contribution is 0.0605. The van der Waals surface area contributed by atoms with Crippen molar-refractivity contribution < 1.29 is 14.3 Å². The van der Waals surface area contributed by atoms with E-state index in [1.807, 2.05) is 24.1 Å². The van der Waals surface area contributed by atoms with Gasteiger partial charge in [0.15, 0.2) is 5.65 Å². The van der Waals surface area contributed by atoms with E-state index in [4.69, 9.17) is 21.7 Å². The summed E-state index contributed by atoms with van der Waals surface area (Å²) in [5.41, 5.74) is 2.34. The van der Waals surface area contributed by atoms with Gasteiger partial charge in [0.25, 0.3) is 5.91 Å². The Hall–Kier alpha value is -3.22. The number of carbonyl (C=O) groups is 1. The van der Waals surface area contributed by atoms with Gasteiger partial charge in [-0.15, -0.1) is 0 Å². The Bertz CT molecular complexity index is 1300. The highest BCUT2D eigenvalue weighted by Crippen LogP contribution is 2.34. The van der Waals surface area contributed by atoms with Crippen molar-refractivity contribution in [3.05, 3.63) is 58.1 Å². The molecule has 1 amide bonds. The third-order valence-corrected chi connectivity index (χ3v) is 7.05. The number of fused-ring (bicyclic) bond motifs is 1. The van der Waals surface area contributed by atoms with Crippen molar-refractivity contribution in [1.82, 2.24) is 19.5 Å². The number of hydrogen-bond acceptors (Lipinski definition) is 6. The van der Waals surface area contributed by atoms with Crippen molar-refractivity contribution in [3.63, 3.8) is 0 Å². The predicted octanol–water partition coefficient (Wildman–Crippen LogP) is 3.52. The first kappa shape index (κ1) is 22.6. The Balaban J connectivity index is 1.47. The quantitative estimate of drug-likeness (QED) is 0.613. The van der Waals surface area contributed by atoms with Crippen molar-refractivity contribution in [2.45, 2.75) is 38.3 Å². The Kier molecular flexibility index (Phi) is 5.88. The van der Waals surface area contributed by atoms with Crippen LogP contribution in [0.4, 0.5) is 10.2 Å². The van der Waals surface area contributed by atoms with E-state index in [2.05, 4.69) is 6.07 Å². The predicted molar refractivity (Wildman–Crippen MR) is 124 cm³/mol. The number of nitriles is 1. The highest BCUT2D eigenvalue weighted by atomic mass is 35.5.